The fourth-order valence-electron chi connectivity index (χ4n) is 4.20. The maximum Gasteiger partial charge on any atom is 0.263 e. The molecule has 3 aromatic carbocycles. The number of rotatable bonds is 10. The van der Waals surface area contributed by atoms with Crippen LogP contribution < -0.4 is 24.3 Å². The summed E-state index contributed by atoms with van der Waals surface area (Å²) in [5, 5.41) is 2.87. The van der Waals surface area contributed by atoms with Gasteiger partial charge in [0.15, 0.2) is 24.2 Å². The summed E-state index contributed by atoms with van der Waals surface area (Å²) in [4.78, 5) is 27.5. The lowest BCUT2D eigenvalue weighted by molar-refractivity contribution is -0.138. The van der Waals surface area contributed by atoms with E-state index in [1.807, 2.05) is 49.4 Å². The maximum absolute atomic E-state index is 13.2. The van der Waals surface area contributed by atoms with E-state index in [4.69, 9.17) is 18.9 Å². The van der Waals surface area contributed by atoms with Gasteiger partial charge in [-0.05, 0) is 60.9 Å². The van der Waals surface area contributed by atoms with E-state index < -0.39 is 6.10 Å². The molecular formula is C29H32N2O6. The van der Waals surface area contributed by atoms with Crippen LogP contribution in [0.15, 0.2) is 66.7 Å². The molecule has 1 unspecified atom stereocenters. The van der Waals surface area contributed by atoms with Gasteiger partial charge in [-0.2, -0.15) is 0 Å². The van der Waals surface area contributed by atoms with E-state index in [9.17, 15) is 9.59 Å². The zero-order valence-electron chi connectivity index (χ0n) is 21.4. The van der Waals surface area contributed by atoms with Crippen molar-refractivity contribution >= 4 is 17.5 Å². The van der Waals surface area contributed by atoms with E-state index in [1.54, 1.807) is 43.4 Å². The SMILES string of the molecule is CCC1Oc2ccc(NC(=O)COc3ccccc3)cc2CN(CCc2ccc(OC)c(OC)c2)C1=O. The average Bonchev–Trinajstić information content (AvgIpc) is 3.06. The molecule has 8 nitrogen and oxygen atoms in total. The zero-order valence-corrected chi connectivity index (χ0v) is 21.4. The van der Waals surface area contributed by atoms with E-state index in [1.165, 1.54) is 0 Å². The Bertz CT molecular complexity index is 1230. The van der Waals surface area contributed by atoms with Gasteiger partial charge in [-0.15, -0.1) is 0 Å². The number of hydrogen-bond donors (Lipinski definition) is 1. The first-order valence-electron chi connectivity index (χ1n) is 12.3. The lowest BCUT2D eigenvalue weighted by atomic mass is 10.1. The summed E-state index contributed by atoms with van der Waals surface area (Å²) in [6.45, 7) is 2.71. The molecule has 2 amide bonds. The molecule has 1 aliphatic rings. The van der Waals surface area contributed by atoms with Gasteiger partial charge in [-0.25, -0.2) is 0 Å². The molecule has 0 aliphatic carbocycles. The fraction of sp³-hybridized carbons (Fsp3) is 0.310. The molecule has 194 valence electrons. The van der Waals surface area contributed by atoms with Gasteiger partial charge < -0.3 is 29.2 Å². The van der Waals surface area contributed by atoms with Crippen LogP contribution in [0.3, 0.4) is 0 Å². The molecule has 3 aromatic rings. The number of carbonyl (C=O) groups is 2. The summed E-state index contributed by atoms with van der Waals surface area (Å²) in [6, 6.07) is 20.4. The number of nitrogens with zero attached hydrogens (tertiary/aromatic N) is 1. The van der Waals surface area contributed by atoms with Crippen molar-refractivity contribution in [1.29, 1.82) is 0 Å². The molecular weight excluding hydrogens is 472 g/mol. The molecule has 0 spiro atoms. The predicted molar refractivity (Wildman–Crippen MR) is 140 cm³/mol. The molecule has 4 rings (SSSR count). The van der Waals surface area contributed by atoms with Crippen LogP contribution in [0.2, 0.25) is 0 Å². The van der Waals surface area contributed by atoms with Gasteiger partial charge in [-0.3, -0.25) is 9.59 Å². The van der Waals surface area contributed by atoms with Crippen LogP contribution in [0.25, 0.3) is 0 Å². The highest BCUT2D eigenvalue weighted by atomic mass is 16.5. The Balaban J connectivity index is 1.45. The Kier molecular flexibility index (Phi) is 8.51. The van der Waals surface area contributed by atoms with Gasteiger partial charge >= 0.3 is 0 Å². The van der Waals surface area contributed by atoms with E-state index in [0.29, 0.717) is 54.6 Å². The highest BCUT2D eigenvalue weighted by molar-refractivity contribution is 5.92. The molecule has 0 saturated heterocycles. The quantitative estimate of drug-likeness (QED) is 0.439. The third-order valence-electron chi connectivity index (χ3n) is 6.16. The normalized spacial score (nSPS) is 14.7. The molecule has 1 heterocycles. The second-order valence-corrected chi connectivity index (χ2v) is 8.69. The van der Waals surface area contributed by atoms with Crippen LogP contribution in [0.1, 0.15) is 24.5 Å². The third kappa shape index (κ3) is 6.52. The predicted octanol–water partition coefficient (Wildman–Crippen LogP) is 4.46. The van der Waals surface area contributed by atoms with Crippen LogP contribution in [0, 0.1) is 0 Å². The van der Waals surface area contributed by atoms with Gasteiger partial charge in [0, 0.05) is 24.3 Å². The number of ether oxygens (including phenoxy) is 4. The molecule has 1 aliphatic heterocycles. The smallest absolute Gasteiger partial charge is 0.263 e. The summed E-state index contributed by atoms with van der Waals surface area (Å²) in [5.41, 5.74) is 2.48. The van der Waals surface area contributed by atoms with Crippen LogP contribution in [0.4, 0.5) is 5.69 Å². The molecule has 37 heavy (non-hydrogen) atoms. The first kappa shape index (κ1) is 25.9. The number of hydrogen-bond acceptors (Lipinski definition) is 6. The molecule has 0 saturated carbocycles. The van der Waals surface area contributed by atoms with Crippen LogP contribution in [-0.4, -0.2) is 50.2 Å². The molecule has 0 radical (unpaired) electrons. The Labute approximate surface area is 217 Å². The summed E-state index contributed by atoms with van der Waals surface area (Å²) in [5.74, 6) is 2.26. The molecule has 8 heteroatoms. The van der Waals surface area contributed by atoms with Crippen molar-refractivity contribution in [2.75, 3.05) is 32.7 Å². The Morgan fingerprint density at radius 1 is 1.03 bits per heavy atom. The van der Waals surface area contributed by atoms with Crippen LogP contribution in [0.5, 0.6) is 23.0 Å². The summed E-state index contributed by atoms with van der Waals surface area (Å²) < 4.78 is 22.3. The molecule has 1 atom stereocenters. The Hall–Kier alpha value is -4.20. The number of fused-ring (bicyclic) bond motifs is 1. The van der Waals surface area contributed by atoms with Crippen molar-refractivity contribution in [2.45, 2.75) is 32.4 Å². The minimum atomic E-state index is -0.564. The number of amides is 2. The molecule has 1 N–H and O–H groups in total. The second kappa shape index (κ2) is 12.2. The van der Waals surface area contributed by atoms with Gasteiger partial charge in [0.2, 0.25) is 0 Å². The van der Waals surface area contributed by atoms with E-state index in [2.05, 4.69) is 5.32 Å². The largest absolute Gasteiger partial charge is 0.493 e. The summed E-state index contributed by atoms with van der Waals surface area (Å²) in [7, 11) is 3.20. The number of methoxy groups -OCH3 is 2. The third-order valence-corrected chi connectivity index (χ3v) is 6.16. The first-order valence-corrected chi connectivity index (χ1v) is 12.3. The zero-order chi connectivity index (χ0) is 26.2. The number of para-hydroxylation sites is 1. The minimum Gasteiger partial charge on any atom is -0.493 e. The second-order valence-electron chi connectivity index (χ2n) is 8.69. The standard InChI is InChI=1S/C29H32N2O6/c1-4-24-29(33)31(15-14-20-10-12-26(34-2)27(16-20)35-3)18-21-17-22(11-13-25(21)37-24)30-28(32)19-36-23-8-6-5-7-9-23/h5-13,16-17,24H,4,14-15,18-19H2,1-3H3,(H,30,32). The molecule has 0 aromatic heterocycles. The maximum atomic E-state index is 13.2. The molecule has 0 bridgehead atoms. The molecule has 0 fully saturated rings. The van der Waals surface area contributed by atoms with E-state index >= 15 is 0 Å². The topological polar surface area (TPSA) is 86.3 Å². The highest BCUT2D eigenvalue weighted by Crippen LogP contribution is 2.31. The average molecular weight is 505 g/mol. The van der Waals surface area contributed by atoms with Crippen molar-refractivity contribution in [1.82, 2.24) is 4.90 Å². The number of benzene rings is 3. The van der Waals surface area contributed by atoms with Crippen molar-refractivity contribution < 1.29 is 28.5 Å². The van der Waals surface area contributed by atoms with Gasteiger partial charge in [0.1, 0.15) is 11.5 Å². The first-order chi connectivity index (χ1) is 18.0. The Morgan fingerprint density at radius 3 is 2.54 bits per heavy atom. The van der Waals surface area contributed by atoms with Gasteiger partial charge in [0.05, 0.1) is 14.2 Å². The van der Waals surface area contributed by atoms with E-state index in [0.717, 1.165) is 11.1 Å². The monoisotopic (exact) mass is 504 g/mol. The lowest BCUT2D eigenvalue weighted by Crippen LogP contribution is -2.40. The number of nitrogens with one attached hydrogen (secondary N) is 1. The van der Waals surface area contributed by atoms with Crippen molar-refractivity contribution in [3.05, 3.63) is 77.9 Å². The van der Waals surface area contributed by atoms with Crippen LogP contribution >= 0.6 is 0 Å². The van der Waals surface area contributed by atoms with Gasteiger partial charge in [-0.1, -0.05) is 31.2 Å². The van der Waals surface area contributed by atoms with Crippen molar-refractivity contribution in [2.24, 2.45) is 0 Å². The van der Waals surface area contributed by atoms with Crippen LogP contribution in [-0.2, 0) is 22.6 Å². The summed E-state index contributed by atoms with van der Waals surface area (Å²) >= 11 is 0. The summed E-state index contributed by atoms with van der Waals surface area (Å²) in [6.07, 6.45) is 0.636. The van der Waals surface area contributed by atoms with Gasteiger partial charge in [0.25, 0.3) is 11.8 Å². The van der Waals surface area contributed by atoms with Crippen molar-refractivity contribution in [3.8, 4) is 23.0 Å². The lowest BCUT2D eigenvalue weighted by Gasteiger charge is -2.23. The van der Waals surface area contributed by atoms with Crippen molar-refractivity contribution in [3.63, 3.8) is 0 Å². The van der Waals surface area contributed by atoms with E-state index in [-0.39, 0.29) is 18.4 Å². The fourth-order valence-corrected chi connectivity index (χ4v) is 4.20. The highest BCUT2D eigenvalue weighted by Gasteiger charge is 2.30. The number of anilines is 1. The number of carbonyl (C=O) groups excluding carboxylic acids is 2. The minimum absolute atomic E-state index is 0.0546. The Morgan fingerprint density at radius 2 is 1.81 bits per heavy atom.